The van der Waals surface area contributed by atoms with Crippen molar-refractivity contribution in [2.45, 2.75) is 31.0 Å². The summed E-state index contributed by atoms with van der Waals surface area (Å²) in [7, 11) is 1.43. The zero-order valence-electron chi connectivity index (χ0n) is 18.3. The van der Waals surface area contributed by atoms with Gasteiger partial charge in [-0.2, -0.15) is 13.2 Å². The number of hydrogen-bond donors (Lipinski definition) is 2. The molecule has 8 nitrogen and oxygen atoms in total. The lowest BCUT2D eigenvalue weighted by molar-refractivity contribution is -0.189. The summed E-state index contributed by atoms with van der Waals surface area (Å²) in [6.45, 7) is 3.07. The van der Waals surface area contributed by atoms with Crippen LogP contribution in [0.15, 0.2) is 41.6 Å². The van der Waals surface area contributed by atoms with Gasteiger partial charge in [-0.15, -0.1) is 0 Å². The fourth-order valence-electron chi connectivity index (χ4n) is 2.94. The predicted molar refractivity (Wildman–Crippen MR) is 119 cm³/mol. The first-order valence-electron chi connectivity index (χ1n) is 9.87. The highest BCUT2D eigenvalue weighted by molar-refractivity contribution is 7.83. The van der Waals surface area contributed by atoms with E-state index in [0.717, 1.165) is 6.92 Å². The number of anilines is 2. The summed E-state index contributed by atoms with van der Waals surface area (Å²) in [5.41, 5.74) is 0.641. The maximum Gasteiger partial charge on any atom is 0.425 e. The van der Waals surface area contributed by atoms with Gasteiger partial charge >= 0.3 is 6.18 Å². The monoisotopic (exact) mass is 484 g/mol. The third-order valence-corrected chi connectivity index (χ3v) is 5.63. The minimum Gasteiger partial charge on any atom is -0.497 e. The van der Waals surface area contributed by atoms with Gasteiger partial charge in [0.25, 0.3) is 0 Å². The standard InChI is InChI=1S/C21H23F3N4O4S/c1-5-31-18-9-13(30-4)8-16-19(18)20(27-11-26-16)28-15-10-14(33(29)25-3)6-7-17(15)32-12(2)21(22,23)24/h6-12,25H,5H2,1-4H3,(H,26,27,28). The molecule has 0 aliphatic heterocycles. The highest BCUT2D eigenvalue weighted by atomic mass is 32.2. The highest BCUT2D eigenvalue weighted by Crippen LogP contribution is 2.38. The van der Waals surface area contributed by atoms with Gasteiger partial charge in [0.15, 0.2) is 6.10 Å². The molecule has 12 heteroatoms. The van der Waals surface area contributed by atoms with Crippen LogP contribution >= 0.6 is 0 Å². The number of rotatable bonds is 9. The number of methoxy groups -OCH3 is 1. The second kappa shape index (κ2) is 10.2. The minimum atomic E-state index is -4.57. The van der Waals surface area contributed by atoms with Crippen LogP contribution in [0.1, 0.15) is 13.8 Å². The molecular formula is C21H23F3N4O4S. The summed E-state index contributed by atoms with van der Waals surface area (Å²) in [4.78, 5) is 8.83. The van der Waals surface area contributed by atoms with Gasteiger partial charge in [0.2, 0.25) is 0 Å². The summed E-state index contributed by atoms with van der Waals surface area (Å²) < 4.78 is 70.4. The van der Waals surface area contributed by atoms with Crippen LogP contribution in [-0.2, 0) is 11.0 Å². The third-order valence-electron chi connectivity index (χ3n) is 4.58. The normalized spacial score (nSPS) is 13.4. The Labute approximate surface area is 191 Å². The minimum absolute atomic E-state index is 0.0880. The number of nitrogens with zero attached hydrogens (tertiary/aromatic N) is 2. The maximum atomic E-state index is 13.1. The number of hydrogen-bond acceptors (Lipinski definition) is 7. The fraction of sp³-hybridized carbons (Fsp3) is 0.333. The molecule has 0 saturated heterocycles. The van der Waals surface area contributed by atoms with Crippen LogP contribution in [0, 0.1) is 0 Å². The van der Waals surface area contributed by atoms with Crippen LogP contribution in [0.5, 0.6) is 17.2 Å². The second-order valence-corrected chi connectivity index (χ2v) is 8.15. The van der Waals surface area contributed by atoms with E-state index in [9.17, 15) is 17.4 Å². The van der Waals surface area contributed by atoms with Crippen LogP contribution in [-0.4, -0.2) is 47.2 Å². The van der Waals surface area contributed by atoms with E-state index in [2.05, 4.69) is 20.0 Å². The van der Waals surface area contributed by atoms with Crippen LogP contribution in [0.3, 0.4) is 0 Å². The SMILES string of the molecule is CCOc1cc(OC)cc2ncnc(Nc3cc(S(=O)NC)ccc3OC(C)C(F)(F)F)c12. The Morgan fingerprint density at radius 3 is 2.55 bits per heavy atom. The largest absolute Gasteiger partial charge is 0.497 e. The van der Waals surface area contributed by atoms with Crippen LogP contribution in [0.2, 0.25) is 0 Å². The number of nitrogens with one attached hydrogen (secondary N) is 2. The van der Waals surface area contributed by atoms with E-state index in [0.29, 0.717) is 33.9 Å². The van der Waals surface area contributed by atoms with Crippen molar-refractivity contribution in [2.75, 3.05) is 26.1 Å². The molecule has 0 amide bonds. The topological polar surface area (TPSA) is 94.6 Å². The number of ether oxygens (including phenoxy) is 3. The summed E-state index contributed by atoms with van der Waals surface area (Å²) in [5, 5.41) is 3.50. The number of aromatic nitrogens is 2. The molecule has 0 bridgehead atoms. The summed E-state index contributed by atoms with van der Waals surface area (Å²) in [5.74, 6) is 1.12. The molecule has 3 rings (SSSR count). The van der Waals surface area contributed by atoms with E-state index >= 15 is 0 Å². The Hall–Kier alpha value is -3.12. The second-order valence-electron chi connectivity index (χ2n) is 6.73. The van der Waals surface area contributed by atoms with Crippen molar-refractivity contribution in [3.05, 3.63) is 36.7 Å². The molecule has 2 aromatic carbocycles. The molecule has 2 unspecified atom stereocenters. The molecule has 0 aliphatic carbocycles. The van der Waals surface area contributed by atoms with Crippen LogP contribution in [0.4, 0.5) is 24.7 Å². The fourth-order valence-corrected chi connectivity index (χ4v) is 3.59. The van der Waals surface area contributed by atoms with Gasteiger partial charge in [0, 0.05) is 12.1 Å². The molecule has 0 saturated carbocycles. The van der Waals surface area contributed by atoms with Crippen molar-refractivity contribution in [3.8, 4) is 17.2 Å². The zero-order chi connectivity index (χ0) is 24.2. The number of fused-ring (bicyclic) bond motifs is 1. The van der Waals surface area contributed by atoms with Crippen molar-refractivity contribution in [1.29, 1.82) is 0 Å². The van der Waals surface area contributed by atoms with Gasteiger partial charge in [0.1, 0.15) is 40.4 Å². The first-order valence-corrected chi connectivity index (χ1v) is 11.0. The first-order chi connectivity index (χ1) is 15.7. The van der Waals surface area contributed by atoms with Gasteiger partial charge < -0.3 is 19.5 Å². The molecule has 2 atom stereocenters. The molecule has 33 heavy (non-hydrogen) atoms. The Morgan fingerprint density at radius 2 is 1.91 bits per heavy atom. The van der Waals surface area contributed by atoms with Crippen LogP contribution in [0.25, 0.3) is 10.9 Å². The molecule has 2 N–H and O–H groups in total. The van der Waals surface area contributed by atoms with E-state index in [1.165, 1.54) is 38.7 Å². The van der Waals surface area contributed by atoms with Crippen molar-refractivity contribution < 1.29 is 31.6 Å². The molecule has 0 radical (unpaired) electrons. The Balaban J connectivity index is 2.13. The maximum absolute atomic E-state index is 13.1. The van der Waals surface area contributed by atoms with Gasteiger partial charge in [-0.1, -0.05) is 0 Å². The van der Waals surface area contributed by atoms with E-state index in [-0.39, 0.29) is 17.3 Å². The smallest absolute Gasteiger partial charge is 0.425 e. The molecular weight excluding hydrogens is 461 g/mol. The van der Waals surface area contributed by atoms with Gasteiger partial charge in [-0.25, -0.2) is 18.9 Å². The molecule has 1 heterocycles. The predicted octanol–water partition coefficient (Wildman–Crippen LogP) is 4.35. The third kappa shape index (κ3) is 5.63. The van der Waals surface area contributed by atoms with Crippen molar-refractivity contribution >= 4 is 33.4 Å². The molecule has 0 fully saturated rings. The van der Waals surface area contributed by atoms with Crippen LogP contribution < -0.4 is 24.2 Å². The average Bonchev–Trinajstić information content (AvgIpc) is 2.78. The molecule has 178 valence electrons. The molecule has 0 spiro atoms. The van der Waals surface area contributed by atoms with E-state index in [4.69, 9.17) is 14.2 Å². The zero-order valence-corrected chi connectivity index (χ0v) is 19.1. The number of halogens is 3. The lowest BCUT2D eigenvalue weighted by Crippen LogP contribution is -2.31. The van der Waals surface area contributed by atoms with E-state index < -0.39 is 23.3 Å². The number of benzene rings is 2. The summed E-state index contributed by atoms with van der Waals surface area (Å²) in [6.07, 6.45) is -5.33. The average molecular weight is 485 g/mol. The van der Waals surface area contributed by atoms with Crippen molar-refractivity contribution in [3.63, 3.8) is 0 Å². The van der Waals surface area contributed by atoms with E-state index in [1.807, 2.05) is 6.92 Å². The quantitative estimate of drug-likeness (QED) is 0.466. The number of alkyl halides is 3. The van der Waals surface area contributed by atoms with Gasteiger partial charge in [0.05, 0.1) is 35.2 Å². The highest BCUT2D eigenvalue weighted by Gasteiger charge is 2.38. The molecule has 0 aliphatic rings. The van der Waals surface area contributed by atoms with Crippen molar-refractivity contribution in [1.82, 2.24) is 14.7 Å². The first kappa shape index (κ1) is 24.5. The lowest BCUT2D eigenvalue weighted by atomic mass is 10.2. The Bertz CT molecular complexity index is 1160. The van der Waals surface area contributed by atoms with Gasteiger partial charge in [-0.3, -0.25) is 0 Å². The molecule has 3 aromatic rings. The summed E-state index contributed by atoms with van der Waals surface area (Å²) in [6, 6.07) is 7.52. The van der Waals surface area contributed by atoms with Gasteiger partial charge in [-0.05, 0) is 39.1 Å². The lowest BCUT2D eigenvalue weighted by Gasteiger charge is -2.21. The Kier molecular flexibility index (Phi) is 7.59. The molecule has 1 aromatic heterocycles. The summed E-state index contributed by atoms with van der Waals surface area (Å²) >= 11 is 0. The van der Waals surface area contributed by atoms with E-state index in [1.54, 1.807) is 12.1 Å². The van der Waals surface area contributed by atoms with Crippen molar-refractivity contribution in [2.24, 2.45) is 0 Å². The Morgan fingerprint density at radius 1 is 1.15 bits per heavy atom.